The highest BCUT2D eigenvalue weighted by atomic mass is 35.5. The smallest absolute Gasteiger partial charge is 0.314 e. The molecule has 0 saturated carbocycles. The summed E-state index contributed by atoms with van der Waals surface area (Å²) < 4.78 is 79.2. The first kappa shape index (κ1) is 23.6. The van der Waals surface area contributed by atoms with Crippen molar-refractivity contribution in [2.24, 2.45) is 0 Å². The van der Waals surface area contributed by atoms with Crippen LogP contribution in [-0.4, -0.2) is 37.5 Å². The Bertz CT molecular complexity index is 535. The maximum atomic E-state index is 14.1. The van der Waals surface area contributed by atoms with Crippen molar-refractivity contribution in [2.75, 3.05) is 26.2 Å². The fourth-order valence-corrected chi connectivity index (χ4v) is 2.67. The van der Waals surface area contributed by atoms with Crippen molar-refractivity contribution in [1.29, 1.82) is 0 Å². The van der Waals surface area contributed by atoms with Crippen molar-refractivity contribution in [2.45, 2.75) is 18.6 Å². The van der Waals surface area contributed by atoms with Gasteiger partial charge in [0.05, 0.1) is 16.6 Å². The number of nitrogens with zero attached hydrogens (tertiary/aromatic N) is 1. The molecule has 24 heavy (non-hydrogen) atoms. The maximum absolute atomic E-state index is 14.1. The Balaban J connectivity index is 0.00000264. The summed E-state index contributed by atoms with van der Waals surface area (Å²) in [5, 5.41) is 2.12. The number of alkyl halides is 5. The highest BCUT2D eigenvalue weighted by molar-refractivity contribution is 6.30. The minimum Gasteiger partial charge on any atom is -0.314 e. The molecule has 0 aliphatic carbocycles. The summed E-state index contributed by atoms with van der Waals surface area (Å²) in [7, 11) is 0. The normalized spacial score (nSPS) is 17.2. The second-order valence-electron chi connectivity index (χ2n) is 4.92. The van der Waals surface area contributed by atoms with Gasteiger partial charge in [-0.05, 0) is 12.1 Å². The molecule has 1 saturated heterocycles. The van der Waals surface area contributed by atoms with Crippen molar-refractivity contribution in [1.82, 2.24) is 10.2 Å². The molecule has 1 aromatic carbocycles. The van der Waals surface area contributed by atoms with E-state index >= 15 is 0 Å². The second-order valence-corrected chi connectivity index (χ2v) is 5.33. The van der Waals surface area contributed by atoms with Crippen molar-refractivity contribution >= 4 is 36.4 Å². The van der Waals surface area contributed by atoms with E-state index in [4.69, 9.17) is 11.6 Å². The molecule has 0 spiro atoms. The fraction of sp³-hybridized carbons (Fsp3) is 0.538. The second kappa shape index (κ2) is 9.33. The lowest BCUT2D eigenvalue weighted by atomic mass is 10.0. The molecule has 0 radical (unpaired) electrons. The molecule has 1 heterocycles. The minimum atomic E-state index is -4.79. The molecule has 1 fully saturated rings. The Morgan fingerprint density at radius 1 is 1.08 bits per heavy atom. The first-order chi connectivity index (χ1) is 10.2. The van der Waals surface area contributed by atoms with Gasteiger partial charge in [-0.25, -0.2) is 13.2 Å². The Hall–Kier alpha value is -0.410. The average molecular weight is 420 g/mol. The van der Waals surface area contributed by atoms with E-state index in [1.165, 1.54) is 4.90 Å². The zero-order valence-corrected chi connectivity index (χ0v) is 14.4. The molecule has 1 N–H and O–H groups in total. The van der Waals surface area contributed by atoms with Crippen LogP contribution in [0.5, 0.6) is 0 Å². The van der Waals surface area contributed by atoms with Gasteiger partial charge < -0.3 is 5.32 Å². The molecular formula is C13H15Cl3F6N2. The molecular weight excluding hydrogens is 405 g/mol. The van der Waals surface area contributed by atoms with Crippen molar-refractivity contribution in [3.8, 4) is 0 Å². The van der Waals surface area contributed by atoms with Crippen LogP contribution in [-0.2, 0) is 6.18 Å². The lowest BCUT2D eigenvalue weighted by Crippen LogP contribution is -2.47. The van der Waals surface area contributed by atoms with Gasteiger partial charge in [0.2, 0.25) is 0 Å². The number of halogens is 9. The number of hydrogen-bond donors (Lipinski definition) is 1. The Morgan fingerprint density at radius 2 is 1.62 bits per heavy atom. The van der Waals surface area contributed by atoms with E-state index in [1.54, 1.807) is 0 Å². The number of piperazine rings is 1. The van der Waals surface area contributed by atoms with E-state index in [-0.39, 0.29) is 37.9 Å². The van der Waals surface area contributed by atoms with E-state index in [9.17, 15) is 26.3 Å². The molecule has 140 valence electrons. The summed E-state index contributed by atoms with van der Waals surface area (Å²) in [5.41, 5.74) is -1.97. The number of rotatable bonds is 3. The highest BCUT2D eigenvalue weighted by Gasteiger charge is 2.37. The zero-order chi connectivity index (χ0) is 16.5. The van der Waals surface area contributed by atoms with Gasteiger partial charge in [0.15, 0.2) is 0 Å². The predicted octanol–water partition coefficient (Wildman–Crippen LogP) is 4.55. The summed E-state index contributed by atoms with van der Waals surface area (Å²) in [6.07, 6.45) is -7.82. The lowest BCUT2D eigenvalue weighted by Gasteiger charge is -2.35. The summed E-state index contributed by atoms with van der Waals surface area (Å²) in [6.45, 7) is 1.17. The summed E-state index contributed by atoms with van der Waals surface area (Å²) in [6, 6.07) is -0.942. The van der Waals surface area contributed by atoms with Crippen molar-refractivity contribution < 1.29 is 26.3 Å². The molecule has 1 aliphatic rings. The number of nitrogens with one attached hydrogen (secondary N) is 1. The highest BCUT2D eigenvalue weighted by Crippen LogP contribution is 2.38. The standard InChI is InChI=1S/C13H13ClF6N2.2ClH/c14-9-6-7(13(18,19)20)5-8(10(9)15)11(12(16)17)22-3-1-21-2-4-22;;/h5-6,11-12,21H,1-4H2;2*1H/t11-;;/m1../s1. The lowest BCUT2D eigenvalue weighted by molar-refractivity contribution is -0.137. The van der Waals surface area contributed by atoms with E-state index in [2.05, 4.69) is 5.32 Å². The molecule has 1 atom stereocenters. The average Bonchev–Trinajstić information content (AvgIpc) is 2.43. The van der Waals surface area contributed by atoms with Gasteiger partial charge in [0.25, 0.3) is 6.43 Å². The van der Waals surface area contributed by atoms with E-state index in [1.807, 2.05) is 0 Å². The SMILES string of the molecule is Cl.Cl.Fc1c(Cl)cc(C(F)(F)F)cc1[C@H](C(F)F)N1CCNCC1. The molecule has 0 aromatic heterocycles. The zero-order valence-electron chi connectivity index (χ0n) is 12.0. The van der Waals surface area contributed by atoms with Gasteiger partial charge in [-0.2, -0.15) is 13.2 Å². The third kappa shape index (κ3) is 5.29. The van der Waals surface area contributed by atoms with Crippen LogP contribution in [0.2, 0.25) is 5.02 Å². The number of hydrogen-bond acceptors (Lipinski definition) is 2. The van der Waals surface area contributed by atoms with Crippen LogP contribution in [0.15, 0.2) is 12.1 Å². The maximum Gasteiger partial charge on any atom is 0.416 e. The Morgan fingerprint density at radius 3 is 2.08 bits per heavy atom. The van der Waals surface area contributed by atoms with Gasteiger partial charge in [-0.3, -0.25) is 4.90 Å². The predicted molar refractivity (Wildman–Crippen MR) is 84.1 cm³/mol. The van der Waals surface area contributed by atoms with Gasteiger partial charge in [-0.15, -0.1) is 24.8 Å². The topological polar surface area (TPSA) is 15.3 Å². The van der Waals surface area contributed by atoms with Gasteiger partial charge in [-0.1, -0.05) is 11.6 Å². The van der Waals surface area contributed by atoms with Crippen LogP contribution >= 0.6 is 36.4 Å². The van der Waals surface area contributed by atoms with Gasteiger partial charge in [0.1, 0.15) is 5.82 Å². The van der Waals surface area contributed by atoms with E-state index in [0.29, 0.717) is 25.2 Å². The van der Waals surface area contributed by atoms with Crippen LogP contribution in [0.3, 0.4) is 0 Å². The fourth-order valence-electron chi connectivity index (χ4n) is 2.44. The van der Waals surface area contributed by atoms with Crippen LogP contribution < -0.4 is 5.32 Å². The minimum absolute atomic E-state index is 0. The largest absolute Gasteiger partial charge is 0.416 e. The third-order valence-corrected chi connectivity index (χ3v) is 3.76. The molecule has 1 aromatic rings. The Kier molecular flexibility index (Phi) is 9.17. The third-order valence-electron chi connectivity index (χ3n) is 3.49. The molecule has 0 bridgehead atoms. The molecule has 0 unspecified atom stereocenters. The summed E-state index contributed by atoms with van der Waals surface area (Å²) >= 11 is 5.46. The first-order valence-electron chi connectivity index (χ1n) is 6.51. The van der Waals surface area contributed by atoms with Crippen LogP contribution in [0.25, 0.3) is 0 Å². The molecule has 1 aliphatic heterocycles. The Labute approximate surface area is 152 Å². The molecule has 11 heteroatoms. The van der Waals surface area contributed by atoms with E-state index in [0.717, 1.165) is 0 Å². The molecule has 2 nitrogen and oxygen atoms in total. The van der Waals surface area contributed by atoms with E-state index < -0.39 is 40.6 Å². The summed E-state index contributed by atoms with van der Waals surface area (Å²) in [5.74, 6) is -1.24. The monoisotopic (exact) mass is 418 g/mol. The molecule has 2 rings (SSSR count). The molecule has 0 amide bonds. The van der Waals surface area contributed by atoms with Crippen LogP contribution in [0, 0.1) is 5.82 Å². The number of benzene rings is 1. The van der Waals surface area contributed by atoms with Crippen LogP contribution in [0.4, 0.5) is 26.3 Å². The summed E-state index contributed by atoms with van der Waals surface area (Å²) in [4.78, 5) is 1.26. The van der Waals surface area contributed by atoms with Gasteiger partial charge in [0, 0.05) is 31.7 Å². The quantitative estimate of drug-likeness (QED) is 0.723. The van der Waals surface area contributed by atoms with Gasteiger partial charge >= 0.3 is 6.18 Å². The first-order valence-corrected chi connectivity index (χ1v) is 6.88. The van der Waals surface area contributed by atoms with Crippen LogP contribution in [0.1, 0.15) is 17.2 Å². The van der Waals surface area contributed by atoms with Crippen molar-refractivity contribution in [3.63, 3.8) is 0 Å². The van der Waals surface area contributed by atoms with Crippen molar-refractivity contribution in [3.05, 3.63) is 34.1 Å².